The minimum atomic E-state index is 0.265. The highest BCUT2D eigenvalue weighted by molar-refractivity contribution is 5.09. The predicted molar refractivity (Wildman–Crippen MR) is 70.9 cm³/mol. The second-order valence-corrected chi connectivity index (χ2v) is 5.58. The largest absolute Gasteiger partial charge is 0.370 e. The van der Waals surface area contributed by atoms with Gasteiger partial charge in [-0.3, -0.25) is 4.90 Å². The van der Waals surface area contributed by atoms with Crippen molar-refractivity contribution in [1.29, 1.82) is 0 Å². The van der Waals surface area contributed by atoms with Crippen molar-refractivity contribution in [3.8, 4) is 0 Å². The number of nitrogens with one attached hydrogen (secondary N) is 1. The average molecular weight is 274 g/mol. The molecule has 7 heteroatoms. The van der Waals surface area contributed by atoms with Crippen molar-refractivity contribution in [2.45, 2.75) is 38.6 Å². The van der Waals surface area contributed by atoms with Gasteiger partial charge >= 0.3 is 0 Å². The van der Waals surface area contributed by atoms with Gasteiger partial charge in [0, 0.05) is 25.3 Å². The van der Waals surface area contributed by atoms with E-state index >= 15 is 0 Å². The maximum absolute atomic E-state index is 5.92. The Morgan fingerprint density at radius 3 is 3.30 bits per heavy atom. The number of ether oxygens (including phenoxy) is 1. The van der Waals surface area contributed by atoms with Crippen LogP contribution in [-0.2, 0) is 17.9 Å². The SMILES string of the molecule is Cc1[nH]cnc1CN1CC[C@@H]2OCc3cnnn3[C@H]2C1. The number of likely N-dealkylation sites (tertiary alicyclic amines) is 1. The van der Waals surface area contributed by atoms with Crippen LogP contribution in [0.15, 0.2) is 12.5 Å². The Kier molecular flexibility index (Phi) is 2.82. The van der Waals surface area contributed by atoms with Crippen molar-refractivity contribution in [1.82, 2.24) is 29.9 Å². The Morgan fingerprint density at radius 2 is 2.45 bits per heavy atom. The van der Waals surface area contributed by atoms with Gasteiger partial charge in [0.2, 0.25) is 0 Å². The van der Waals surface area contributed by atoms with E-state index in [1.807, 2.05) is 4.68 Å². The molecular formula is C13H18N6O. The Balaban J connectivity index is 1.52. The minimum Gasteiger partial charge on any atom is -0.370 e. The molecule has 1 saturated heterocycles. The summed E-state index contributed by atoms with van der Waals surface area (Å²) in [7, 11) is 0. The Labute approximate surface area is 116 Å². The van der Waals surface area contributed by atoms with Gasteiger partial charge in [0.1, 0.15) is 0 Å². The molecule has 0 aliphatic carbocycles. The second-order valence-electron chi connectivity index (χ2n) is 5.58. The molecule has 2 aromatic rings. The quantitative estimate of drug-likeness (QED) is 0.871. The third-order valence-corrected chi connectivity index (χ3v) is 4.32. The van der Waals surface area contributed by atoms with Crippen molar-refractivity contribution in [2.75, 3.05) is 13.1 Å². The fraction of sp³-hybridized carbons (Fsp3) is 0.615. The Hall–Kier alpha value is -1.73. The van der Waals surface area contributed by atoms with Crippen LogP contribution in [0.4, 0.5) is 0 Å². The number of imidazole rings is 1. The van der Waals surface area contributed by atoms with E-state index in [2.05, 4.69) is 32.1 Å². The van der Waals surface area contributed by atoms with Crippen molar-refractivity contribution in [3.63, 3.8) is 0 Å². The maximum atomic E-state index is 5.92. The number of aromatic amines is 1. The first kappa shape index (κ1) is 12.0. The minimum absolute atomic E-state index is 0.265. The van der Waals surface area contributed by atoms with Crippen molar-refractivity contribution in [2.24, 2.45) is 0 Å². The van der Waals surface area contributed by atoms with E-state index in [4.69, 9.17) is 4.74 Å². The third-order valence-electron chi connectivity index (χ3n) is 4.32. The first-order valence-electron chi connectivity index (χ1n) is 7.03. The lowest BCUT2D eigenvalue weighted by Gasteiger charge is -2.40. The van der Waals surface area contributed by atoms with Gasteiger partial charge in [-0.25, -0.2) is 9.67 Å². The van der Waals surface area contributed by atoms with Crippen LogP contribution in [-0.4, -0.2) is 49.1 Å². The summed E-state index contributed by atoms with van der Waals surface area (Å²) in [5.74, 6) is 0. The van der Waals surface area contributed by atoms with Crippen LogP contribution >= 0.6 is 0 Å². The lowest BCUT2D eigenvalue weighted by molar-refractivity contribution is -0.0671. The molecule has 1 fully saturated rings. The molecule has 2 aromatic heterocycles. The number of fused-ring (bicyclic) bond motifs is 3. The van der Waals surface area contributed by atoms with E-state index in [9.17, 15) is 0 Å². The first-order chi connectivity index (χ1) is 9.81. The standard InChI is InChI=1S/C13H18N6O/c1-9-11(15-8-14-9)5-18-3-2-13-12(6-18)19-10(7-20-13)4-16-17-19/h4,8,12-13H,2-3,5-7H2,1H3,(H,14,15)/t12-,13-/m0/s1. The molecule has 4 rings (SSSR count). The third kappa shape index (κ3) is 1.94. The van der Waals surface area contributed by atoms with E-state index in [-0.39, 0.29) is 12.1 Å². The summed E-state index contributed by atoms with van der Waals surface area (Å²) < 4.78 is 7.96. The highest BCUT2D eigenvalue weighted by Gasteiger charge is 2.36. The van der Waals surface area contributed by atoms with E-state index in [1.54, 1.807) is 12.5 Å². The first-order valence-corrected chi connectivity index (χ1v) is 7.03. The number of rotatable bonds is 2. The molecular weight excluding hydrogens is 256 g/mol. The van der Waals surface area contributed by atoms with Crippen LogP contribution in [0, 0.1) is 6.92 Å². The molecule has 7 nitrogen and oxygen atoms in total. The van der Waals surface area contributed by atoms with E-state index < -0.39 is 0 Å². The summed E-state index contributed by atoms with van der Waals surface area (Å²) in [4.78, 5) is 9.94. The lowest BCUT2D eigenvalue weighted by Crippen LogP contribution is -2.47. The Bertz CT molecular complexity index is 606. The molecule has 0 saturated carbocycles. The van der Waals surface area contributed by atoms with Crippen LogP contribution in [0.3, 0.4) is 0 Å². The summed E-state index contributed by atoms with van der Waals surface area (Å²) in [6.07, 6.45) is 4.86. The lowest BCUT2D eigenvalue weighted by atomic mass is 10.0. The Morgan fingerprint density at radius 1 is 1.50 bits per heavy atom. The molecule has 20 heavy (non-hydrogen) atoms. The monoisotopic (exact) mass is 274 g/mol. The molecule has 2 atom stereocenters. The average Bonchev–Trinajstić information content (AvgIpc) is 3.08. The molecule has 2 aliphatic rings. The van der Waals surface area contributed by atoms with Crippen LogP contribution in [0.2, 0.25) is 0 Å². The summed E-state index contributed by atoms with van der Waals surface area (Å²) >= 11 is 0. The fourth-order valence-corrected chi connectivity index (χ4v) is 3.15. The van der Waals surface area contributed by atoms with Gasteiger partial charge in [-0.05, 0) is 13.3 Å². The number of hydrogen-bond donors (Lipinski definition) is 1. The number of H-pyrrole nitrogens is 1. The fourth-order valence-electron chi connectivity index (χ4n) is 3.15. The zero-order chi connectivity index (χ0) is 13.5. The van der Waals surface area contributed by atoms with E-state index in [0.29, 0.717) is 6.61 Å². The number of aromatic nitrogens is 5. The normalized spacial score (nSPS) is 26.2. The predicted octanol–water partition coefficient (Wildman–Crippen LogP) is 0.655. The smallest absolute Gasteiger partial charge is 0.0930 e. The topological polar surface area (TPSA) is 71.9 Å². The molecule has 0 spiro atoms. The van der Waals surface area contributed by atoms with Crippen molar-refractivity contribution >= 4 is 0 Å². The highest BCUT2D eigenvalue weighted by atomic mass is 16.5. The van der Waals surface area contributed by atoms with E-state index in [0.717, 1.165) is 43.1 Å². The van der Waals surface area contributed by atoms with Crippen molar-refractivity contribution < 1.29 is 4.74 Å². The highest BCUT2D eigenvalue weighted by Crippen LogP contribution is 2.30. The molecule has 0 radical (unpaired) electrons. The number of hydrogen-bond acceptors (Lipinski definition) is 5. The van der Waals surface area contributed by atoms with Gasteiger partial charge in [-0.2, -0.15) is 0 Å². The summed E-state index contributed by atoms with van der Waals surface area (Å²) in [6, 6.07) is 0.272. The summed E-state index contributed by atoms with van der Waals surface area (Å²) in [5.41, 5.74) is 3.34. The molecule has 0 bridgehead atoms. The summed E-state index contributed by atoms with van der Waals surface area (Å²) in [5, 5.41) is 8.24. The maximum Gasteiger partial charge on any atom is 0.0930 e. The number of piperidine rings is 1. The van der Waals surface area contributed by atoms with Gasteiger partial charge in [-0.15, -0.1) is 5.10 Å². The van der Waals surface area contributed by atoms with E-state index in [1.165, 1.54) is 0 Å². The van der Waals surface area contributed by atoms with Gasteiger partial charge in [0.05, 0.1) is 42.7 Å². The molecule has 0 unspecified atom stereocenters. The van der Waals surface area contributed by atoms with Gasteiger partial charge in [-0.1, -0.05) is 5.21 Å². The summed E-state index contributed by atoms with van der Waals surface area (Å²) in [6.45, 7) is 5.55. The molecule has 0 amide bonds. The molecule has 2 aliphatic heterocycles. The zero-order valence-electron chi connectivity index (χ0n) is 11.5. The van der Waals surface area contributed by atoms with Crippen LogP contribution in [0.25, 0.3) is 0 Å². The van der Waals surface area contributed by atoms with Gasteiger partial charge < -0.3 is 9.72 Å². The van der Waals surface area contributed by atoms with Crippen LogP contribution in [0.1, 0.15) is 29.5 Å². The second kappa shape index (κ2) is 4.68. The van der Waals surface area contributed by atoms with Gasteiger partial charge in [0.15, 0.2) is 0 Å². The number of aryl methyl sites for hydroxylation is 1. The molecule has 4 heterocycles. The van der Waals surface area contributed by atoms with Crippen LogP contribution in [0.5, 0.6) is 0 Å². The molecule has 106 valence electrons. The molecule has 1 N–H and O–H groups in total. The van der Waals surface area contributed by atoms with Gasteiger partial charge in [0.25, 0.3) is 0 Å². The van der Waals surface area contributed by atoms with Crippen LogP contribution < -0.4 is 0 Å². The molecule has 0 aromatic carbocycles. The van der Waals surface area contributed by atoms with Crippen molar-refractivity contribution in [3.05, 3.63) is 29.6 Å². The zero-order valence-corrected chi connectivity index (χ0v) is 11.5. The number of nitrogens with zero attached hydrogens (tertiary/aromatic N) is 5.